The maximum absolute atomic E-state index is 10.5. The van der Waals surface area contributed by atoms with E-state index < -0.39 is 4.92 Å². The molecule has 0 radical (unpaired) electrons. The third kappa shape index (κ3) is 3.31. The average Bonchev–Trinajstić information content (AvgIpc) is 2.20. The van der Waals surface area contributed by atoms with E-state index in [-0.39, 0.29) is 17.4 Å². The first kappa shape index (κ1) is 12.2. The largest absolute Gasteiger partial charge is 0.386 e. The summed E-state index contributed by atoms with van der Waals surface area (Å²) in [4.78, 5) is 14.0. The minimum atomic E-state index is -0.480. The number of aliphatic imine (C=N–C) groups is 1. The van der Waals surface area contributed by atoms with Crippen molar-refractivity contribution in [2.24, 2.45) is 10.7 Å². The smallest absolute Gasteiger partial charge is 0.271 e. The molecule has 0 bridgehead atoms. The highest BCUT2D eigenvalue weighted by Gasteiger charge is 2.08. The summed E-state index contributed by atoms with van der Waals surface area (Å²) < 4.78 is 0.784. The molecular formula is C8H7ClIN3O2. The van der Waals surface area contributed by atoms with Crippen molar-refractivity contribution in [3.05, 3.63) is 31.9 Å². The normalized spacial score (nSPS) is 11.5. The second-order valence-corrected chi connectivity index (χ2v) is 4.06. The Hall–Kier alpha value is -0.890. The van der Waals surface area contributed by atoms with Gasteiger partial charge < -0.3 is 5.73 Å². The summed E-state index contributed by atoms with van der Waals surface area (Å²) in [5, 5.41) is 10.5. The number of hydrogen-bond donors (Lipinski definition) is 1. The maximum atomic E-state index is 10.5. The number of alkyl halides is 1. The number of nitrogens with zero attached hydrogens (tertiary/aromatic N) is 2. The molecule has 0 aliphatic heterocycles. The first-order valence-corrected chi connectivity index (χ1v) is 5.49. The van der Waals surface area contributed by atoms with Crippen LogP contribution in [-0.2, 0) is 0 Å². The molecule has 0 fully saturated rings. The number of nitro groups is 1. The lowest BCUT2D eigenvalue weighted by molar-refractivity contribution is -0.384. The molecule has 7 heteroatoms. The average molecular weight is 340 g/mol. The minimum Gasteiger partial charge on any atom is -0.386 e. The molecule has 80 valence electrons. The second-order valence-electron chi connectivity index (χ2n) is 2.63. The fraction of sp³-hybridized carbons (Fsp3) is 0.125. The minimum absolute atomic E-state index is 0.0171. The van der Waals surface area contributed by atoms with Crippen LogP contribution >= 0.6 is 34.2 Å². The van der Waals surface area contributed by atoms with Crippen molar-refractivity contribution in [1.82, 2.24) is 0 Å². The quantitative estimate of drug-likeness (QED) is 0.229. The molecule has 0 saturated heterocycles. The van der Waals surface area contributed by atoms with E-state index in [1.54, 1.807) is 6.07 Å². The molecule has 0 aliphatic carbocycles. The van der Waals surface area contributed by atoms with Crippen LogP contribution in [0, 0.1) is 13.7 Å². The van der Waals surface area contributed by atoms with Gasteiger partial charge in [0, 0.05) is 15.7 Å². The maximum Gasteiger partial charge on any atom is 0.271 e. The van der Waals surface area contributed by atoms with Crippen molar-refractivity contribution in [3.63, 3.8) is 0 Å². The highest BCUT2D eigenvalue weighted by molar-refractivity contribution is 14.1. The van der Waals surface area contributed by atoms with Gasteiger partial charge in [0.25, 0.3) is 5.69 Å². The summed E-state index contributed by atoms with van der Waals surface area (Å²) in [6, 6.07) is 4.39. The first-order chi connectivity index (χ1) is 7.04. The van der Waals surface area contributed by atoms with Crippen molar-refractivity contribution >= 4 is 51.4 Å². The van der Waals surface area contributed by atoms with Crippen molar-refractivity contribution in [3.8, 4) is 0 Å². The molecule has 0 saturated carbocycles. The standard InChI is InChI=1S/C8H7ClIN3O2/c9-4-8(11)12-7-3-5(13(14)15)1-2-6(7)10/h1-3H,4H2,(H2,11,12). The van der Waals surface area contributed by atoms with Crippen molar-refractivity contribution < 1.29 is 4.92 Å². The Bertz CT molecular complexity index is 422. The number of halogens is 2. The molecule has 0 heterocycles. The zero-order valence-corrected chi connectivity index (χ0v) is 10.4. The van der Waals surface area contributed by atoms with Crippen LogP contribution in [0.3, 0.4) is 0 Å². The fourth-order valence-corrected chi connectivity index (χ4v) is 1.40. The molecule has 0 unspecified atom stereocenters. The Kier molecular flexibility index (Phi) is 4.28. The monoisotopic (exact) mass is 339 g/mol. The van der Waals surface area contributed by atoms with E-state index in [4.69, 9.17) is 17.3 Å². The van der Waals surface area contributed by atoms with E-state index in [0.717, 1.165) is 3.57 Å². The Morgan fingerprint density at radius 2 is 2.33 bits per heavy atom. The molecule has 1 aromatic rings. The number of nitrogens with two attached hydrogens (primary N) is 1. The SMILES string of the molecule is NC(CCl)=Nc1cc([N+](=O)[O-])ccc1I. The Labute approximate surface area is 105 Å². The number of rotatable bonds is 3. The van der Waals surface area contributed by atoms with Crippen LogP contribution in [0.4, 0.5) is 11.4 Å². The van der Waals surface area contributed by atoms with Gasteiger partial charge in [0.05, 0.1) is 16.5 Å². The van der Waals surface area contributed by atoms with Crippen molar-refractivity contribution in [1.29, 1.82) is 0 Å². The highest BCUT2D eigenvalue weighted by Crippen LogP contribution is 2.26. The van der Waals surface area contributed by atoms with E-state index in [1.807, 2.05) is 22.6 Å². The van der Waals surface area contributed by atoms with Gasteiger partial charge in [-0.1, -0.05) is 0 Å². The van der Waals surface area contributed by atoms with Gasteiger partial charge in [-0.25, -0.2) is 4.99 Å². The van der Waals surface area contributed by atoms with Crippen LogP contribution in [0.5, 0.6) is 0 Å². The second kappa shape index (κ2) is 5.26. The molecule has 0 spiro atoms. The third-order valence-corrected chi connectivity index (χ3v) is 2.73. The number of nitro benzene ring substituents is 1. The van der Waals surface area contributed by atoms with Gasteiger partial charge in [-0.3, -0.25) is 10.1 Å². The van der Waals surface area contributed by atoms with Crippen LogP contribution in [0.1, 0.15) is 0 Å². The molecule has 2 N–H and O–H groups in total. The lowest BCUT2D eigenvalue weighted by Crippen LogP contribution is -2.12. The van der Waals surface area contributed by atoms with Gasteiger partial charge in [-0.05, 0) is 28.7 Å². The van der Waals surface area contributed by atoms with E-state index in [1.165, 1.54) is 12.1 Å². The number of non-ortho nitro benzene ring substituents is 1. The third-order valence-electron chi connectivity index (χ3n) is 1.54. The van der Waals surface area contributed by atoms with Crippen LogP contribution < -0.4 is 5.73 Å². The Morgan fingerprint density at radius 1 is 1.67 bits per heavy atom. The summed E-state index contributed by atoms with van der Waals surface area (Å²) >= 11 is 7.49. The summed E-state index contributed by atoms with van der Waals surface area (Å²) in [6.07, 6.45) is 0. The predicted molar refractivity (Wildman–Crippen MR) is 67.8 cm³/mol. The van der Waals surface area contributed by atoms with Crippen LogP contribution in [0.15, 0.2) is 23.2 Å². The van der Waals surface area contributed by atoms with E-state index in [0.29, 0.717) is 5.69 Å². The molecule has 1 rings (SSSR count). The molecule has 15 heavy (non-hydrogen) atoms. The van der Waals surface area contributed by atoms with E-state index >= 15 is 0 Å². The highest BCUT2D eigenvalue weighted by atomic mass is 127. The molecule has 0 aliphatic rings. The van der Waals surface area contributed by atoms with Gasteiger partial charge in [-0.15, -0.1) is 11.6 Å². The topological polar surface area (TPSA) is 81.5 Å². The van der Waals surface area contributed by atoms with Crippen LogP contribution in [-0.4, -0.2) is 16.6 Å². The molecule has 5 nitrogen and oxygen atoms in total. The zero-order chi connectivity index (χ0) is 11.4. The van der Waals surface area contributed by atoms with Crippen LogP contribution in [0.2, 0.25) is 0 Å². The number of benzene rings is 1. The predicted octanol–water partition coefficient (Wildman–Crippen LogP) is 2.43. The molecule has 1 aromatic carbocycles. The number of hydrogen-bond acceptors (Lipinski definition) is 3. The molecular weight excluding hydrogens is 332 g/mol. The van der Waals surface area contributed by atoms with Gasteiger partial charge in [0.2, 0.25) is 0 Å². The number of amidine groups is 1. The summed E-state index contributed by atoms with van der Waals surface area (Å²) in [5.74, 6) is 0.328. The summed E-state index contributed by atoms with van der Waals surface area (Å²) in [6.45, 7) is 0. The van der Waals surface area contributed by atoms with Crippen LogP contribution in [0.25, 0.3) is 0 Å². The molecule has 0 aromatic heterocycles. The van der Waals surface area contributed by atoms with Crippen molar-refractivity contribution in [2.75, 3.05) is 5.88 Å². The van der Waals surface area contributed by atoms with Gasteiger partial charge in [0.1, 0.15) is 5.84 Å². The lowest BCUT2D eigenvalue weighted by Gasteiger charge is -1.99. The van der Waals surface area contributed by atoms with E-state index in [2.05, 4.69) is 4.99 Å². The van der Waals surface area contributed by atoms with E-state index in [9.17, 15) is 10.1 Å². The fourth-order valence-electron chi connectivity index (χ4n) is 0.885. The van der Waals surface area contributed by atoms with Gasteiger partial charge >= 0.3 is 0 Å². The van der Waals surface area contributed by atoms with Gasteiger partial charge in [-0.2, -0.15) is 0 Å². The Balaban J connectivity index is 3.17. The first-order valence-electron chi connectivity index (χ1n) is 3.87. The molecule has 0 amide bonds. The summed E-state index contributed by atoms with van der Waals surface area (Å²) in [5.41, 5.74) is 5.89. The van der Waals surface area contributed by atoms with Crippen molar-refractivity contribution in [2.45, 2.75) is 0 Å². The van der Waals surface area contributed by atoms with Gasteiger partial charge in [0.15, 0.2) is 0 Å². The zero-order valence-electron chi connectivity index (χ0n) is 7.48. The Morgan fingerprint density at radius 3 is 2.87 bits per heavy atom. The lowest BCUT2D eigenvalue weighted by atomic mass is 10.3. The summed E-state index contributed by atoms with van der Waals surface area (Å²) in [7, 11) is 0. The molecule has 0 atom stereocenters.